The van der Waals surface area contributed by atoms with Gasteiger partial charge in [-0.15, -0.1) is 5.10 Å². The lowest BCUT2D eigenvalue weighted by atomic mass is 10.2. The molecule has 2 aliphatic heterocycles. The standard InChI is InChI=1S/C16H10N2O2/c19-16-13-10-11-6-4-5-9-14(11)20-15(13)17-18(16)12-7-2-1-3-8-12/h1-10H. The first kappa shape index (κ1) is 11.0. The van der Waals surface area contributed by atoms with Crippen LogP contribution >= 0.6 is 0 Å². The molecule has 0 saturated heterocycles. The Labute approximate surface area is 114 Å². The van der Waals surface area contributed by atoms with E-state index in [9.17, 15) is 4.79 Å². The van der Waals surface area contributed by atoms with Crippen LogP contribution in [0.3, 0.4) is 0 Å². The van der Waals surface area contributed by atoms with Gasteiger partial charge in [-0.1, -0.05) is 36.4 Å². The van der Waals surface area contributed by atoms with Gasteiger partial charge in [-0.05, 0) is 24.3 Å². The number of aromatic nitrogens is 2. The van der Waals surface area contributed by atoms with Gasteiger partial charge >= 0.3 is 0 Å². The van der Waals surface area contributed by atoms with Gasteiger partial charge in [-0.2, -0.15) is 4.68 Å². The molecule has 0 aromatic heterocycles. The summed E-state index contributed by atoms with van der Waals surface area (Å²) in [5.74, 6) is 0.359. The maximum atomic E-state index is 12.4. The Balaban J connectivity index is 2.06. The second-order valence-corrected chi connectivity index (χ2v) is 4.56. The molecule has 4 nitrogen and oxygen atoms in total. The highest BCUT2D eigenvalue weighted by molar-refractivity contribution is 5.81. The number of rotatable bonds is 1. The number of hydrogen-bond acceptors (Lipinski definition) is 3. The molecule has 0 bridgehead atoms. The first-order valence-electron chi connectivity index (χ1n) is 6.30. The zero-order chi connectivity index (χ0) is 13.5. The van der Waals surface area contributed by atoms with Crippen LogP contribution in [0.5, 0.6) is 0 Å². The summed E-state index contributed by atoms with van der Waals surface area (Å²) in [4.78, 5) is 12.4. The third kappa shape index (κ3) is 1.55. The molecule has 0 fully saturated rings. The molecule has 0 unspecified atom stereocenters. The van der Waals surface area contributed by atoms with E-state index >= 15 is 0 Å². The van der Waals surface area contributed by atoms with Gasteiger partial charge in [0, 0.05) is 5.39 Å². The molecule has 96 valence electrons. The summed E-state index contributed by atoms with van der Waals surface area (Å²) in [6, 6.07) is 18.7. The maximum Gasteiger partial charge on any atom is 0.284 e. The van der Waals surface area contributed by atoms with Crippen LogP contribution in [0.1, 0.15) is 0 Å². The third-order valence-electron chi connectivity index (χ3n) is 3.27. The van der Waals surface area contributed by atoms with Crippen molar-refractivity contribution in [2.24, 2.45) is 0 Å². The van der Waals surface area contributed by atoms with Gasteiger partial charge in [0.15, 0.2) is 0 Å². The predicted molar refractivity (Wildman–Crippen MR) is 76.2 cm³/mol. The third-order valence-corrected chi connectivity index (χ3v) is 3.27. The summed E-state index contributed by atoms with van der Waals surface area (Å²) < 4.78 is 7.07. The first-order chi connectivity index (χ1) is 9.83. The highest BCUT2D eigenvalue weighted by atomic mass is 16.3. The molecule has 4 rings (SSSR count). The smallest absolute Gasteiger partial charge is 0.284 e. The van der Waals surface area contributed by atoms with Crippen LogP contribution in [0.25, 0.3) is 28.1 Å². The highest BCUT2D eigenvalue weighted by Gasteiger charge is 2.18. The van der Waals surface area contributed by atoms with Gasteiger partial charge < -0.3 is 4.42 Å². The molecular formula is C16H10N2O2. The number of fused-ring (bicyclic) bond motifs is 2. The Kier molecular flexibility index (Phi) is 2.23. The summed E-state index contributed by atoms with van der Waals surface area (Å²) >= 11 is 0. The Morgan fingerprint density at radius 2 is 1.70 bits per heavy atom. The minimum absolute atomic E-state index is 0.166. The van der Waals surface area contributed by atoms with E-state index in [0.29, 0.717) is 11.5 Å². The SMILES string of the molecule is O=c1c2cc3ccccc3oc-2nn1-c1ccccc1. The van der Waals surface area contributed by atoms with E-state index in [1.165, 1.54) is 4.68 Å². The van der Waals surface area contributed by atoms with Crippen LogP contribution in [0.15, 0.2) is 69.9 Å². The van der Waals surface area contributed by atoms with Crippen molar-refractivity contribution in [1.82, 2.24) is 9.78 Å². The van der Waals surface area contributed by atoms with Crippen molar-refractivity contribution < 1.29 is 4.42 Å². The lowest BCUT2D eigenvalue weighted by Gasteiger charge is -1.98. The Morgan fingerprint density at radius 3 is 2.55 bits per heavy atom. The molecule has 2 aromatic rings. The average Bonchev–Trinajstić information content (AvgIpc) is 2.83. The molecule has 20 heavy (non-hydrogen) atoms. The molecule has 4 heteroatoms. The molecule has 0 atom stereocenters. The zero-order valence-electron chi connectivity index (χ0n) is 10.5. The molecule has 0 amide bonds. The van der Waals surface area contributed by atoms with E-state index in [1.54, 1.807) is 0 Å². The second-order valence-electron chi connectivity index (χ2n) is 4.56. The van der Waals surface area contributed by atoms with E-state index < -0.39 is 0 Å². The summed E-state index contributed by atoms with van der Waals surface area (Å²) in [6.45, 7) is 0. The van der Waals surface area contributed by atoms with Crippen LogP contribution in [0, 0.1) is 0 Å². The molecule has 0 radical (unpaired) electrons. The van der Waals surface area contributed by atoms with Gasteiger partial charge in [0.2, 0.25) is 5.89 Å². The Hall–Kier alpha value is -2.88. The monoisotopic (exact) mass is 262 g/mol. The van der Waals surface area contributed by atoms with Gasteiger partial charge in [0.25, 0.3) is 5.56 Å². The summed E-state index contributed by atoms with van der Waals surface area (Å²) in [6.07, 6.45) is 0. The topological polar surface area (TPSA) is 48.0 Å². The largest absolute Gasteiger partial charge is 0.436 e. The molecule has 0 spiro atoms. The predicted octanol–water partition coefficient (Wildman–Crippen LogP) is 3.08. The van der Waals surface area contributed by atoms with Crippen LogP contribution in [0.2, 0.25) is 0 Å². The molecule has 0 N–H and O–H groups in total. The average molecular weight is 262 g/mol. The molecule has 2 aromatic carbocycles. The van der Waals surface area contributed by atoms with Crippen molar-refractivity contribution in [2.75, 3.05) is 0 Å². The second kappa shape index (κ2) is 4.06. The first-order valence-corrected chi connectivity index (χ1v) is 6.30. The van der Waals surface area contributed by atoms with Crippen LogP contribution in [-0.4, -0.2) is 9.78 Å². The van der Waals surface area contributed by atoms with Crippen molar-refractivity contribution in [2.45, 2.75) is 0 Å². The molecule has 2 heterocycles. The lowest BCUT2D eigenvalue weighted by Crippen LogP contribution is -2.14. The van der Waals surface area contributed by atoms with Crippen molar-refractivity contribution >= 4 is 11.0 Å². The Morgan fingerprint density at radius 1 is 0.950 bits per heavy atom. The van der Waals surface area contributed by atoms with E-state index in [0.717, 1.165) is 16.7 Å². The van der Waals surface area contributed by atoms with Crippen molar-refractivity contribution in [1.29, 1.82) is 0 Å². The maximum absolute atomic E-state index is 12.4. The van der Waals surface area contributed by atoms with Crippen molar-refractivity contribution in [3.05, 3.63) is 71.0 Å². The molecular weight excluding hydrogens is 252 g/mol. The summed E-state index contributed by atoms with van der Waals surface area (Å²) in [5, 5.41) is 5.16. The van der Waals surface area contributed by atoms with Crippen LogP contribution in [0.4, 0.5) is 0 Å². The normalized spacial score (nSPS) is 11.2. The molecule has 0 aliphatic carbocycles. The van der Waals surface area contributed by atoms with Crippen LogP contribution in [-0.2, 0) is 0 Å². The summed E-state index contributed by atoms with van der Waals surface area (Å²) in [7, 11) is 0. The van der Waals surface area contributed by atoms with E-state index in [4.69, 9.17) is 4.42 Å². The quantitative estimate of drug-likeness (QED) is 0.529. The highest BCUT2D eigenvalue weighted by Crippen LogP contribution is 2.24. The van der Waals surface area contributed by atoms with Gasteiger partial charge in [0.1, 0.15) is 11.1 Å². The van der Waals surface area contributed by atoms with Crippen molar-refractivity contribution in [3.8, 4) is 17.1 Å². The molecule has 0 saturated carbocycles. The Bertz CT molecular complexity index is 922. The number of para-hydroxylation sites is 2. The fourth-order valence-electron chi connectivity index (χ4n) is 2.29. The summed E-state index contributed by atoms with van der Waals surface area (Å²) in [5.41, 5.74) is 1.78. The number of benzene rings is 2. The number of nitrogens with zero attached hydrogens (tertiary/aromatic N) is 2. The minimum atomic E-state index is -0.166. The fraction of sp³-hybridized carbons (Fsp3) is 0. The van der Waals surface area contributed by atoms with E-state index in [-0.39, 0.29) is 5.56 Å². The van der Waals surface area contributed by atoms with Gasteiger partial charge in [-0.3, -0.25) is 4.79 Å². The lowest BCUT2D eigenvalue weighted by molar-refractivity contribution is 0.591. The van der Waals surface area contributed by atoms with Crippen LogP contribution < -0.4 is 5.56 Å². The minimum Gasteiger partial charge on any atom is -0.436 e. The molecule has 2 aliphatic rings. The number of hydrogen-bond donors (Lipinski definition) is 0. The van der Waals surface area contributed by atoms with E-state index in [1.807, 2.05) is 60.7 Å². The van der Waals surface area contributed by atoms with Gasteiger partial charge in [-0.25, -0.2) is 0 Å². The van der Waals surface area contributed by atoms with Gasteiger partial charge in [0.05, 0.1) is 5.69 Å². The fourth-order valence-corrected chi connectivity index (χ4v) is 2.29. The van der Waals surface area contributed by atoms with E-state index in [2.05, 4.69) is 5.10 Å². The zero-order valence-corrected chi connectivity index (χ0v) is 10.5. The van der Waals surface area contributed by atoms with Crippen molar-refractivity contribution in [3.63, 3.8) is 0 Å².